The Labute approximate surface area is 261 Å². The zero-order valence-corrected chi connectivity index (χ0v) is 25.9. The van der Waals surface area contributed by atoms with Crippen molar-refractivity contribution in [2.45, 2.75) is 84.1 Å². The van der Waals surface area contributed by atoms with Gasteiger partial charge < -0.3 is 20.9 Å². The van der Waals surface area contributed by atoms with Gasteiger partial charge in [0.05, 0.1) is 11.1 Å². The summed E-state index contributed by atoms with van der Waals surface area (Å²) >= 11 is 0. The molecule has 2 saturated heterocycles. The number of benzene rings is 2. The highest BCUT2D eigenvalue weighted by atomic mass is 16.2. The molecule has 2 atom stereocenters. The van der Waals surface area contributed by atoms with Crippen LogP contribution in [0.15, 0.2) is 48.7 Å². The first kappa shape index (κ1) is 31.4. The summed E-state index contributed by atoms with van der Waals surface area (Å²) in [5.74, 6) is -1.97. The Bertz CT molecular complexity index is 1610. The summed E-state index contributed by atoms with van der Waals surface area (Å²) < 4.78 is 0. The summed E-state index contributed by atoms with van der Waals surface area (Å²) in [4.78, 5) is 76.1. The largest absolute Gasteiger partial charge is 0.383 e. The molecule has 4 N–H and O–H groups in total. The van der Waals surface area contributed by atoms with Crippen LogP contribution in [0.2, 0.25) is 0 Å². The van der Waals surface area contributed by atoms with E-state index in [1.165, 1.54) is 0 Å². The summed E-state index contributed by atoms with van der Waals surface area (Å²) in [7, 11) is 0. The number of nitrogens with zero attached hydrogens (tertiary/aromatic N) is 2. The molecule has 6 rings (SSSR count). The SMILES string of the molecule is C=C1CCC(N2C(=O)c3cccc(NC(C)C)c3C2=O)C(=O)N1.CC(C)Nc1cccc2c1CN(C1CCC(=O)NC1=O)C2=O. The van der Waals surface area contributed by atoms with Gasteiger partial charge in [0.25, 0.3) is 17.7 Å². The molecule has 0 aromatic heterocycles. The number of carbonyl (C=O) groups is 6. The van der Waals surface area contributed by atoms with E-state index in [1.54, 1.807) is 29.2 Å². The molecule has 12 heteroatoms. The van der Waals surface area contributed by atoms with E-state index in [9.17, 15) is 28.8 Å². The van der Waals surface area contributed by atoms with Crippen LogP contribution in [0.1, 0.15) is 90.0 Å². The first-order valence-electron chi connectivity index (χ1n) is 15.2. The van der Waals surface area contributed by atoms with Gasteiger partial charge in [0.15, 0.2) is 0 Å². The molecule has 6 amide bonds. The van der Waals surface area contributed by atoms with Crippen molar-refractivity contribution in [3.05, 3.63) is 70.9 Å². The maximum Gasteiger partial charge on any atom is 0.264 e. The van der Waals surface area contributed by atoms with Crippen LogP contribution in [0.5, 0.6) is 0 Å². The molecule has 2 aromatic carbocycles. The highest BCUT2D eigenvalue weighted by Crippen LogP contribution is 2.34. The summed E-state index contributed by atoms with van der Waals surface area (Å²) in [5, 5.41) is 11.5. The normalized spacial score (nSPS) is 21.0. The molecule has 0 spiro atoms. The topological polar surface area (TPSA) is 157 Å². The van der Waals surface area contributed by atoms with E-state index in [4.69, 9.17) is 0 Å². The number of anilines is 2. The summed E-state index contributed by atoms with van der Waals surface area (Å²) in [6, 6.07) is 9.75. The van der Waals surface area contributed by atoms with Gasteiger partial charge in [-0.05, 0) is 71.2 Å². The van der Waals surface area contributed by atoms with Gasteiger partial charge in [0.1, 0.15) is 12.1 Å². The lowest BCUT2D eigenvalue weighted by molar-refractivity contribution is -0.137. The molecular formula is C33H38N6O6. The molecule has 2 fully saturated rings. The van der Waals surface area contributed by atoms with Crippen LogP contribution < -0.4 is 21.3 Å². The zero-order valence-electron chi connectivity index (χ0n) is 25.9. The van der Waals surface area contributed by atoms with Crippen molar-refractivity contribution in [3.63, 3.8) is 0 Å². The van der Waals surface area contributed by atoms with E-state index >= 15 is 0 Å². The highest BCUT2D eigenvalue weighted by Gasteiger charge is 2.45. The van der Waals surface area contributed by atoms with Gasteiger partial charge in [-0.3, -0.25) is 39.0 Å². The van der Waals surface area contributed by atoms with Gasteiger partial charge in [-0.1, -0.05) is 18.7 Å². The molecule has 45 heavy (non-hydrogen) atoms. The number of hydrogen-bond acceptors (Lipinski definition) is 8. The van der Waals surface area contributed by atoms with Crippen molar-refractivity contribution in [1.29, 1.82) is 0 Å². The van der Waals surface area contributed by atoms with E-state index in [-0.39, 0.29) is 42.1 Å². The van der Waals surface area contributed by atoms with E-state index in [2.05, 4.69) is 27.8 Å². The van der Waals surface area contributed by atoms with Crippen LogP contribution in [-0.2, 0) is 20.9 Å². The second kappa shape index (κ2) is 12.5. The number of hydrogen-bond donors (Lipinski definition) is 4. The quantitative estimate of drug-likeness (QED) is 0.362. The Morgan fingerprint density at radius 3 is 1.98 bits per heavy atom. The lowest BCUT2D eigenvalue weighted by Gasteiger charge is -2.29. The van der Waals surface area contributed by atoms with Crippen LogP contribution in [0.3, 0.4) is 0 Å². The Morgan fingerprint density at radius 1 is 0.733 bits per heavy atom. The number of rotatable bonds is 6. The zero-order chi connectivity index (χ0) is 32.6. The molecule has 236 valence electrons. The molecule has 2 aromatic rings. The summed E-state index contributed by atoms with van der Waals surface area (Å²) in [6.45, 7) is 12.1. The number of carbonyl (C=O) groups excluding carboxylic acids is 6. The fourth-order valence-corrected chi connectivity index (χ4v) is 6.06. The van der Waals surface area contributed by atoms with Crippen molar-refractivity contribution >= 4 is 46.8 Å². The molecule has 4 aliphatic rings. The first-order valence-corrected chi connectivity index (χ1v) is 15.2. The Hall–Kier alpha value is -5.00. The highest BCUT2D eigenvalue weighted by molar-refractivity contribution is 6.25. The molecule has 12 nitrogen and oxygen atoms in total. The van der Waals surface area contributed by atoms with E-state index in [0.717, 1.165) is 16.2 Å². The molecule has 0 saturated carbocycles. The Kier molecular flexibility index (Phi) is 8.76. The third-order valence-corrected chi connectivity index (χ3v) is 8.05. The van der Waals surface area contributed by atoms with Crippen LogP contribution in [0, 0.1) is 0 Å². The maximum absolute atomic E-state index is 12.8. The lowest BCUT2D eigenvalue weighted by atomic mass is 10.0. The number of fused-ring (bicyclic) bond motifs is 2. The van der Waals surface area contributed by atoms with Crippen molar-refractivity contribution in [1.82, 2.24) is 20.4 Å². The van der Waals surface area contributed by atoms with E-state index in [1.807, 2.05) is 39.8 Å². The van der Waals surface area contributed by atoms with Crippen molar-refractivity contribution in [2.75, 3.05) is 10.6 Å². The van der Waals surface area contributed by atoms with Gasteiger partial charge in [-0.2, -0.15) is 0 Å². The number of imide groups is 2. The van der Waals surface area contributed by atoms with Crippen molar-refractivity contribution in [3.8, 4) is 0 Å². The molecule has 0 radical (unpaired) electrons. The summed E-state index contributed by atoms with van der Waals surface area (Å²) in [6.07, 6.45) is 1.62. The summed E-state index contributed by atoms with van der Waals surface area (Å²) in [5.41, 5.74) is 4.42. The van der Waals surface area contributed by atoms with Crippen LogP contribution in [0.25, 0.3) is 0 Å². The van der Waals surface area contributed by atoms with Gasteiger partial charge in [-0.15, -0.1) is 0 Å². The van der Waals surface area contributed by atoms with Crippen LogP contribution in [-0.4, -0.2) is 69.4 Å². The molecular weight excluding hydrogens is 576 g/mol. The monoisotopic (exact) mass is 614 g/mol. The number of amides is 6. The maximum atomic E-state index is 12.8. The van der Waals surface area contributed by atoms with Crippen molar-refractivity contribution in [2.24, 2.45) is 0 Å². The predicted octanol–water partition coefficient (Wildman–Crippen LogP) is 3.16. The standard InChI is InChI=1S/C17H19N3O3.C16H19N3O3/c1-9(2)18-12-6-4-5-11-14(12)17(23)20(16(11)22)13-8-7-10(3)19-15(13)21;1-9(2)17-12-5-3-4-10-11(12)8-19(16(10)22)13-6-7-14(20)18-15(13)21/h4-6,9,13,18H,3,7-8H2,1-2H3,(H,19,21);3-5,9,13,17H,6-8H2,1-2H3,(H,18,20,21). The second-order valence-electron chi connectivity index (χ2n) is 12.2. The Balaban J connectivity index is 0.000000178. The predicted molar refractivity (Wildman–Crippen MR) is 167 cm³/mol. The minimum atomic E-state index is -0.778. The van der Waals surface area contributed by atoms with Gasteiger partial charge in [0, 0.05) is 53.2 Å². The van der Waals surface area contributed by atoms with Gasteiger partial charge in [0.2, 0.25) is 17.7 Å². The van der Waals surface area contributed by atoms with E-state index < -0.39 is 23.9 Å². The third-order valence-electron chi connectivity index (χ3n) is 8.05. The average molecular weight is 615 g/mol. The minimum absolute atomic E-state index is 0.125. The van der Waals surface area contributed by atoms with Crippen molar-refractivity contribution < 1.29 is 28.8 Å². The molecule has 4 aliphatic heterocycles. The number of piperidine rings is 2. The van der Waals surface area contributed by atoms with Gasteiger partial charge >= 0.3 is 0 Å². The first-order chi connectivity index (χ1) is 21.4. The lowest BCUT2D eigenvalue weighted by Crippen LogP contribution is -2.52. The molecule has 0 bridgehead atoms. The molecule has 2 unspecified atom stereocenters. The molecule has 0 aliphatic carbocycles. The second-order valence-corrected chi connectivity index (χ2v) is 12.2. The fourth-order valence-electron chi connectivity index (χ4n) is 6.06. The third kappa shape index (κ3) is 6.17. The van der Waals surface area contributed by atoms with Crippen LogP contribution >= 0.6 is 0 Å². The van der Waals surface area contributed by atoms with Crippen LogP contribution in [0.4, 0.5) is 11.4 Å². The molecule has 4 heterocycles. The van der Waals surface area contributed by atoms with Gasteiger partial charge in [-0.25, -0.2) is 0 Å². The smallest absolute Gasteiger partial charge is 0.264 e. The number of allylic oxidation sites excluding steroid dienone is 1. The number of nitrogens with one attached hydrogen (secondary N) is 4. The minimum Gasteiger partial charge on any atom is -0.383 e. The average Bonchev–Trinajstić information content (AvgIpc) is 3.43. The van der Waals surface area contributed by atoms with E-state index in [0.29, 0.717) is 53.9 Å². The Morgan fingerprint density at radius 2 is 1.33 bits per heavy atom. The fraction of sp³-hybridized carbons (Fsp3) is 0.394.